The Morgan fingerprint density at radius 1 is 1.47 bits per heavy atom. The molecule has 1 amide bonds. The van der Waals surface area contributed by atoms with E-state index in [1.165, 1.54) is 0 Å². The Balaban J connectivity index is 2.40. The van der Waals surface area contributed by atoms with Gasteiger partial charge in [0, 0.05) is 18.4 Å². The van der Waals surface area contributed by atoms with Gasteiger partial charge in [-0.2, -0.15) is 0 Å². The first-order chi connectivity index (χ1) is 8.85. The highest BCUT2D eigenvalue weighted by molar-refractivity contribution is 5.82. The number of aliphatic hydroxyl groups excluding tert-OH is 1. The number of carboxylic acids is 1. The van der Waals surface area contributed by atoms with Gasteiger partial charge in [-0.25, -0.2) is 4.79 Å². The van der Waals surface area contributed by atoms with Crippen molar-refractivity contribution < 1.29 is 19.8 Å². The molecule has 19 heavy (non-hydrogen) atoms. The Labute approximate surface area is 113 Å². The van der Waals surface area contributed by atoms with Crippen LogP contribution >= 0.6 is 0 Å². The van der Waals surface area contributed by atoms with Crippen molar-refractivity contribution in [2.45, 2.75) is 39.2 Å². The summed E-state index contributed by atoms with van der Waals surface area (Å²) >= 11 is 0. The first-order valence-corrected chi connectivity index (χ1v) is 6.75. The van der Waals surface area contributed by atoms with Crippen LogP contribution in [-0.2, 0) is 9.59 Å². The second-order valence-electron chi connectivity index (χ2n) is 5.66. The summed E-state index contributed by atoms with van der Waals surface area (Å²) in [5, 5.41) is 23.7. The van der Waals surface area contributed by atoms with Crippen molar-refractivity contribution >= 4 is 11.9 Å². The molecular weight excluding hydrogens is 248 g/mol. The Morgan fingerprint density at radius 2 is 2.16 bits per heavy atom. The molecule has 2 atom stereocenters. The molecule has 1 aliphatic rings. The third kappa shape index (κ3) is 4.47. The van der Waals surface area contributed by atoms with E-state index in [-0.39, 0.29) is 24.8 Å². The highest BCUT2D eigenvalue weighted by Gasteiger charge is 2.37. The molecule has 1 rings (SSSR count). The van der Waals surface area contributed by atoms with Crippen molar-refractivity contribution in [2.75, 3.05) is 19.6 Å². The number of aliphatic hydroxyl groups is 1. The van der Waals surface area contributed by atoms with Gasteiger partial charge in [0.05, 0.1) is 0 Å². The van der Waals surface area contributed by atoms with Crippen LogP contribution in [0.3, 0.4) is 0 Å². The molecule has 0 radical (unpaired) electrons. The molecule has 1 fully saturated rings. The highest BCUT2D eigenvalue weighted by atomic mass is 16.4. The van der Waals surface area contributed by atoms with Gasteiger partial charge in [-0.3, -0.25) is 4.79 Å². The minimum Gasteiger partial charge on any atom is -0.479 e. The van der Waals surface area contributed by atoms with E-state index in [1.807, 2.05) is 13.8 Å². The third-order valence-electron chi connectivity index (χ3n) is 3.89. The van der Waals surface area contributed by atoms with Crippen molar-refractivity contribution in [2.24, 2.45) is 11.3 Å². The summed E-state index contributed by atoms with van der Waals surface area (Å²) in [5.74, 6) is -1.06. The second-order valence-corrected chi connectivity index (χ2v) is 5.66. The van der Waals surface area contributed by atoms with Crippen molar-refractivity contribution in [3.05, 3.63) is 0 Å². The van der Waals surface area contributed by atoms with Gasteiger partial charge in [0.25, 0.3) is 0 Å². The molecular formula is C13H24N2O4. The Bertz CT molecular complexity index is 325. The summed E-state index contributed by atoms with van der Waals surface area (Å²) in [6, 6.07) is 0. The van der Waals surface area contributed by atoms with E-state index >= 15 is 0 Å². The topological polar surface area (TPSA) is 98.7 Å². The summed E-state index contributed by atoms with van der Waals surface area (Å²) in [5.41, 5.74) is -0.485. The Morgan fingerprint density at radius 3 is 2.68 bits per heavy atom. The number of nitrogens with one attached hydrogen (secondary N) is 2. The third-order valence-corrected chi connectivity index (χ3v) is 3.89. The van der Waals surface area contributed by atoms with E-state index in [0.717, 1.165) is 25.9 Å². The van der Waals surface area contributed by atoms with Gasteiger partial charge in [-0.1, -0.05) is 13.8 Å². The fraction of sp³-hybridized carbons (Fsp3) is 0.846. The van der Waals surface area contributed by atoms with Gasteiger partial charge in [0.1, 0.15) is 0 Å². The number of hydrogen-bond donors (Lipinski definition) is 4. The zero-order valence-corrected chi connectivity index (χ0v) is 11.6. The van der Waals surface area contributed by atoms with E-state index < -0.39 is 17.5 Å². The van der Waals surface area contributed by atoms with Gasteiger partial charge in [-0.05, 0) is 31.8 Å². The first-order valence-electron chi connectivity index (χ1n) is 6.75. The lowest BCUT2D eigenvalue weighted by atomic mass is 9.74. The predicted molar refractivity (Wildman–Crippen MR) is 70.6 cm³/mol. The summed E-state index contributed by atoms with van der Waals surface area (Å²) in [4.78, 5) is 22.6. The van der Waals surface area contributed by atoms with Gasteiger partial charge < -0.3 is 20.8 Å². The largest absolute Gasteiger partial charge is 0.479 e. The summed E-state index contributed by atoms with van der Waals surface area (Å²) in [6.07, 6.45) is 0.699. The van der Waals surface area contributed by atoms with E-state index in [1.54, 1.807) is 0 Å². The number of carboxylic acid groups (broad SMARTS) is 1. The molecule has 4 N–H and O–H groups in total. The molecule has 6 nitrogen and oxygen atoms in total. The molecule has 0 saturated carbocycles. The van der Waals surface area contributed by atoms with Crippen LogP contribution in [0, 0.1) is 11.3 Å². The molecule has 2 unspecified atom stereocenters. The van der Waals surface area contributed by atoms with Crippen LogP contribution in [-0.4, -0.2) is 47.8 Å². The molecule has 0 spiro atoms. The number of aliphatic carboxylic acids is 1. The number of rotatable bonds is 6. The van der Waals surface area contributed by atoms with Gasteiger partial charge in [0.15, 0.2) is 6.10 Å². The lowest BCUT2D eigenvalue weighted by Crippen LogP contribution is -2.47. The normalized spacial score (nSPS) is 21.7. The molecule has 1 saturated heterocycles. The number of piperidine rings is 1. The molecule has 1 heterocycles. The Kier molecular flexibility index (Phi) is 5.75. The number of hydrogen-bond acceptors (Lipinski definition) is 4. The quantitative estimate of drug-likeness (QED) is 0.544. The minimum absolute atomic E-state index is 0.0278. The van der Waals surface area contributed by atoms with Crippen molar-refractivity contribution in [3.63, 3.8) is 0 Å². The number of amides is 1. The van der Waals surface area contributed by atoms with Crippen molar-refractivity contribution in [1.82, 2.24) is 10.6 Å². The standard InChI is InChI=1S/C13H24N2O4/c1-13(2,9-4-3-6-14-8-9)12(19)15-7-5-10(16)11(17)18/h9-10,14,16H,3-8H2,1-2H3,(H,15,19)(H,17,18). The minimum atomic E-state index is -1.42. The fourth-order valence-corrected chi connectivity index (χ4v) is 2.33. The maximum Gasteiger partial charge on any atom is 0.332 e. The Hall–Kier alpha value is -1.14. The lowest BCUT2D eigenvalue weighted by Gasteiger charge is -2.36. The molecule has 0 aliphatic carbocycles. The fourth-order valence-electron chi connectivity index (χ4n) is 2.33. The maximum absolute atomic E-state index is 12.1. The number of carbonyl (C=O) groups excluding carboxylic acids is 1. The monoisotopic (exact) mass is 272 g/mol. The van der Waals surface area contributed by atoms with Crippen LogP contribution in [0.25, 0.3) is 0 Å². The molecule has 0 aromatic rings. The van der Waals surface area contributed by atoms with E-state index in [4.69, 9.17) is 10.2 Å². The van der Waals surface area contributed by atoms with Crippen LogP contribution < -0.4 is 10.6 Å². The summed E-state index contributed by atoms with van der Waals surface area (Å²) in [7, 11) is 0. The van der Waals surface area contributed by atoms with Crippen LogP contribution in [0.5, 0.6) is 0 Å². The molecule has 0 aromatic carbocycles. The van der Waals surface area contributed by atoms with Gasteiger partial charge in [-0.15, -0.1) is 0 Å². The molecule has 1 aliphatic heterocycles. The van der Waals surface area contributed by atoms with E-state index in [2.05, 4.69) is 10.6 Å². The zero-order valence-electron chi connectivity index (χ0n) is 11.6. The zero-order chi connectivity index (χ0) is 14.5. The highest BCUT2D eigenvalue weighted by Crippen LogP contribution is 2.31. The predicted octanol–water partition coefficient (Wildman–Crippen LogP) is -0.0360. The molecule has 6 heteroatoms. The molecule has 110 valence electrons. The number of carbonyl (C=O) groups is 2. The lowest BCUT2D eigenvalue weighted by molar-refractivity contribution is -0.147. The van der Waals surface area contributed by atoms with Crippen LogP contribution in [0.1, 0.15) is 33.1 Å². The SMILES string of the molecule is CC(C)(C(=O)NCCC(O)C(=O)O)C1CCCNC1. The summed E-state index contributed by atoms with van der Waals surface area (Å²) in [6.45, 7) is 5.83. The van der Waals surface area contributed by atoms with Crippen molar-refractivity contribution in [3.8, 4) is 0 Å². The van der Waals surface area contributed by atoms with Gasteiger partial charge in [0.2, 0.25) is 5.91 Å². The summed E-state index contributed by atoms with van der Waals surface area (Å²) < 4.78 is 0. The molecule has 0 bridgehead atoms. The molecule has 0 aromatic heterocycles. The smallest absolute Gasteiger partial charge is 0.332 e. The van der Waals surface area contributed by atoms with E-state index in [9.17, 15) is 9.59 Å². The first kappa shape index (κ1) is 15.9. The van der Waals surface area contributed by atoms with Crippen LogP contribution in [0.4, 0.5) is 0 Å². The average Bonchev–Trinajstić information content (AvgIpc) is 2.39. The second kappa shape index (κ2) is 6.86. The van der Waals surface area contributed by atoms with Crippen molar-refractivity contribution in [1.29, 1.82) is 0 Å². The average molecular weight is 272 g/mol. The maximum atomic E-state index is 12.1. The van der Waals surface area contributed by atoms with Crippen LogP contribution in [0.2, 0.25) is 0 Å². The van der Waals surface area contributed by atoms with Gasteiger partial charge >= 0.3 is 5.97 Å². The van der Waals surface area contributed by atoms with E-state index in [0.29, 0.717) is 0 Å². The van der Waals surface area contributed by atoms with Crippen LogP contribution in [0.15, 0.2) is 0 Å².